The van der Waals surface area contributed by atoms with Gasteiger partial charge in [0.15, 0.2) is 0 Å². The fraction of sp³-hybridized carbons (Fsp3) is 0.785. The van der Waals surface area contributed by atoms with Crippen LogP contribution in [0.15, 0.2) is 72.9 Å². The minimum atomic E-state index is -0.417. The van der Waals surface area contributed by atoms with E-state index < -0.39 is 6.10 Å². The number of allylic oxidation sites excluding steroid dienone is 12. The van der Waals surface area contributed by atoms with Crippen LogP contribution in [0.5, 0.6) is 0 Å². The number of carbonyl (C=O) groups excluding carboxylic acids is 2. The Morgan fingerprint density at radius 3 is 0.886 bits per heavy atom. The molecule has 0 rings (SSSR count). The molecule has 0 radical (unpaired) electrons. The first-order chi connectivity index (χ1) is 34.6. The van der Waals surface area contributed by atoms with Gasteiger partial charge in [0, 0.05) is 19.4 Å². The Balaban J connectivity index is 4.31. The highest BCUT2D eigenvalue weighted by molar-refractivity contribution is 5.69. The number of carbonyl (C=O) groups is 2. The van der Waals surface area contributed by atoms with Crippen molar-refractivity contribution in [1.29, 1.82) is 0 Å². The third-order valence-corrected chi connectivity index (χ3v) is 13.3. The lowest BCUT2D eigenvalue weighted by Gasteiger charge is -2.18. The van der Waals surface area contributed by atoms with E-state index in [-0.39, 0.29) is 25.2 Å². The lowest BCUT2D eigenvalue weighted by atomic mass is 10.0. The molecule has 0 N–H and O–H groups in total. The Kier molecular flexibility index (Phi) is 58.3. The molecule has 0 heterocycles. The number of rotatable bonds is 56. The highest BCUT2D eigenvalue weighted by atomic mass is 16.6. The van der Waals surface area contributed by atoms with E-state index in [0.29, 0.717) is 19.4 Å². The second-order valence-corrected chi connectivity index (χ2v) is 20.2. The van der Waals surface area contributed by atoms with Gasteiger partial charge in [-0.1, -0.05) is 267 Å². The van der Waals surface area contributed by atoms with Gasteiger partial charge in [-0.15, -0.1) is 0 Å². The van der Waals surface area contributed by atoms with Crippen LogP contribution in [0.25, 0.3) is 0 Å². The van der Waals surface area contributed by atoms with Crippen molar-refractivity contribution in [2.24, 2.45) is 0 Å². The molecule has 0 saturated carbocycles. The molecule has 0 bridgehead atoms. The van der Waals surface area contributed by atoms with Crippen LogP contribution in [-0.2, 0) is 23.8 Å². The quantitative estimate of drug-likeness (QED) is 0.0345. The summed E-state index contributed by atoms with van der Waals surface area (Å²) in [7, 11) is 0. The van der Waals surface area contributed by atoms with Crippen LogP contribution in [-0.4, -0.2) is 37.9 Å². The smallest absolute Gasteiger partial charge is 0.305 e. The first-order valence-electron chi connectivity index (χ1n) is 30.5. The van der Waals surface area contributed by atoms with Gasteiger partial charge in [-0.05, 0) is 96.3 Å². The summed E-state index contributed by atoms with van der Waals surface area (Å²) in [5, 5.41) is 0. The van der Waals surface area contributed by atoms with E-state index in [4.69, 9.17) is 14.2 Å². The molecule has 0 aromatic carbocycles. The Hall–Kier alpha value is -2.66. The summed E-state index contributed by atoms with van der Waals surface area (Å²) in [6.07, 6.45) is 79.5. The second kappa shape index (κ2) is 60.6. The summed E-state index contributed by atoms with van der Waals surface area (Å²) in [4.78, 5) is 25.4. The van der Waals surface area contributed by atoms with Crippen molar-refractivity contribution in [2.45, 2.75) is 309 Å². The molecule has 0 aromatic rings. The maximum atomic E-state index is 12.7. The minimum absolute atomic E-state index is 0.140. The molecular weight excluding hydrogens is 861 g/mol. The van der Waals surface area contributed by atoms with Crippen molar-refractivity contribution in [1.82, 2.24) is 0 Å². The normalized spacial score (nSPS) is 12.7. The number of unbranched alkanes of at least 4 members (excludes halogenated alkanes) is 33. The molecule has 406 valence electrons. The van der Waals surface area contributed by atoms with Gasteiger partial charge in [-0.2, -0.15) is 0 Å². The summed E-state index contributed by atoms with van der Waals surface area (Å²) in [5.74, 6) is -0.363. The Morgan fingerprint density at radius 2 is 0.543 bits per heavy atom. The average molecular weight is 978 g/mol. The number of esters is 2. The largest absolute Gasteiger partial charge is 0.463 e. The molecule has 0 unspecified atom stereocenters. The molecular formula is C65H116O5. The van der Waals surface area contributed by atoms with E-state index in [2.05, 4.69) is 93.7 Å². The summed E-state index contributed by atoms with van der Waals surface area (Å²) >= 11 is 0. The van der Waals surface area contributed by atoms with Crippen LogP contribution in [0, 0.1) is 0 Å². The maximum absolute atomic E-state index is 12.7. The predicted octanol–water partition coefficient (Wildman–Crippen LogP) is 21.0. The highest BCUT2D eigenvalue weighted by Gasteiger charge is 2.16. The molecule has 0 aliphatic heterocycles. The molecule has 0 aromatic heterocycles. The van der Waals surface area contributed by atoms with Crippen molar-refractivity contribution in [3.63, 3.8) is 0 Å². The zero-order valence-electron chi connectivity index (χ0n) is 46.8. The molecule has 0 fully saturated rings. The van der Waals surface area contributed by atoms with Crippen molar-refractivity contribution >= 4 is 11.9 Å². The lowest BCUT2D eigenvalue weighted by molar-refractivity contribution is -0.155. The van der Waals surface area contributed by atoms with Crippen LogP contribution in [0.3, 0.4) is 0 Å². The van der Waals surface area contributed by atoms with Gasteiger partial charge in [0.05, 0.1) is 0 Å². The maximum Gasteiger partial charge on any atom is 0.305 e. The Bertz CT molecular complexity index is 1240. The first kappa shape index (κ1) is 67.3. The topological polar surface area (TPSA) is 61.8 Å². The number of ether oxygens (including phenoxy) is 3. The van der Waals surface area contributed by atoms with E-state index in [1.54, 1.807) is 0 Å². The number of hydrogen-bond acceptors (Lipinski definition) is 5. The Labute approximate surface area is 436 Å². The van der Waals surface area contributed by atoms with Gasteiger partial charge in [0.1, 0.15) is 19.3 Å². The van der Waals surface area contributed by atoms with E-state index in [1.807, 2.05) is 0 Å². The SMILES string of the molecule is CCCCC/C=C\C/C=C\C/C=C\C/C=C\CCCCCC(=O)OC[C@H](COC(=O)CCCCCCCCCCC/C=C\C/C=C\CCCCC)OCCCCCCCCCCCCCCCCCC. The van der Waals surface area contributed by atoms with Crippen molar-refractivity contribution in [3.05, 3.63) is 72.9 Å². The first-order valence-corrected chi connectivity index (χ1v) is 30.5. The molecule has 70 heavy (non-hydrogen) atoms. The van der Waals surface area contributed by atoms with Crippen LogP contribution < -0.4 is 0 Å². The van der Waals surface area contributed by atoms with Crippen LogP contribution >= 0.6 is 0 Å². The molecule has 1 atom stereocenters. The average Bonchev–Trinajstić information content (AvgIpc) is 3.36. The van der Waals surface area contributed by atoms with Gasteiger partial charge < -0.3 is 14.2 Å². The highest BCUT2D eigenvalue weighted by Crippen LogP contribution is 2.16. The fourth-order valence-electron chi connectivity index (χ4n) is 8.62. The van der Waals surface area contributed by atoms with Gasteiger partial charge in [0.2, 0.25) is 0 Å². The Morgan fingerprint density at radius 1 is 0.300 bits per heavy atom. The van der Waals surface area contributed by atoms with Gasteiger partial charge in [0.25, 0.3) is 0 Å². The van der Waals surface area contributed by atoms with E-state index in [9.17, 15) is 9.59 Å². The molecule has 0 amide bonds. The zero-order chi connectivity index (χ0) is 50.6. The van der Waals surface area contributed by atoms with Gasteiger partial charge in [-0.25, -0.2) is 0 Å². The van der Waals surface area contributed by atoms with Crippen molar-refractivity contribution in [2.75, 3.05) is 19.8 Å². The minimum Gasteiger partial charge on any atom is -0.463 e. The van der Waals surface area contributed by atoms with Crippen LogP contribution in [0.1, 0.15) is 303 Å². The van der Waals surface area contributed by atoms with Crippen LogP contribution in [0.4, 0.5) is 0 Å². The third-order valence-electron chi connectivity index (χ3n) is 13.3. The van der Waals surface area contributed by atoms with Gasteiger partial charge in [-0.3, -0.25) is 9.59 Å². The molecule has 0 saturated heterocycles. The van der Waals surface area contributed by atoms with Crippen LogP contribution in [0.2, 0.25) is 0 Å². The summed E-state index contributed by atoms with van der Waals surface area (Å²) in [5.41, 5.74) is 0. The summed E-state index contributed by atoms with van der Waals surface area (Å²) in [6.45, 7) is 7.68. The predicted molar refractivity (Wildman–Crippen MR) is 307 cm³/mol. The zero-order valence-corrected chi connectivity index (χ0v) is 46.8. The van der Waals surface area contributed by atoms with Crippen molar-refractivity contribution in [3.8, 4) is 0 Å². The monoisotopic (exact) mass is 977 g/mol. The summed E-state index contributed by atoms with van der Waals surface area (Å²) in [6, 6.07) is 0. The lowest BCUT2D eigenvalue weighted by Crippen LogP contribution is -2.29. The standard InChI is InChI=1S/C65H116O5/c1-4-7-10-13-16-19-22-25-28-31-33-35-37-40-43-46-49-52-55-58-64(66)69-61-63(68-60-57-54-51-48-45-42-39-30-27-24-21-18-15-12-9-6-3)62-70-65(67)59-56-53-50-47-44-41-38-36-34-32-29-26-23-20-17-14-11-8-5-2/h16-17,19-20,25-26,28-29,33,35,40,43,63H,4-15,18,21-24,27,30-32,34,36-39,41-42,44-62H2,1-3H3/b19-16-,20-17-,28-25-,29-26-,35-33-,43-40-/t63-/m1/s1. The van der Waals surface area contributed by atoms with E-state index in [1.165, 1.54) is 193 Å². The van der Waals surface area contributed by atoms with Crippen molar-refractivity contribution < 1.29 is 23.8 Å². The van der Waals surface area contributed by atoms with E-state index >= 15 is 0 Å². The third kappa shape index (κ3) is 57.9. The molecule has 0 spiro atoms. The summed E-state index contributed by atoms with van der Waals surface area (Å²) < 4.78 is 17.5. The number of hydrogen-bond donors (Lipinski definition) is 0. The molecule has 5 heteroatoms. The molecule has 0 aliphatic rings. The second-order valence-electron chi connectivity index (χ2n) is 20.2. The fourth-order valence-corrected chi connectivity index (χ4v) is 8.62. The molecule has 0 aliphatic carbocycles. The van der Waals surface area contributed by atoms with Gasteiger partial charge >= 0.3 is 11.9 Å². The molecule has 5 nitrogen and oxygen atoms in total. The van der Waals surface area contributed by atoms with E-state index in [0.717, 1.165) is 77.0 Å².